The van der Waals surface area contributed by atoms with Gasteiger partial charge in [-0.05, 0) is 25.1 Å². The molecule has 0 spiro atoms. The van der Waals surface area contributed by atoms with Crippen LogP contribution in [-0.4, -0.2) is 29.4 Å². The molecule has 8 heteroatoms. The lowest BCUT2D eigenvalue weighted by Crippen LogP contribution is -2.51. The summed E-state index contributed by atoms with van der Waals surface area (Å²) in [5.74, 6) is -0.931. The summed E-state index contributed by atoms with van der Waals surface area (Å²) in [5, 5.41) is 5.06. The predicted molar refractivity (Wildman–Crippen MR) is 86.4 cm³/mol. The van der Waals surface area contributed by atoms with Crippen molar-refractivity contribution in [1.29, 1.82) is 0 Å². The zero-order valence-electron chi connectivity index (χ0n) is 13.0. The maximum atomic E-state index is 11.9. The van der Waals surface area contributed by atoms with E-state index < -0.39 is 5.91 Å². The second-order valence-electron chi connectivity index (χ2n) is 5.70. The first-order valence-electron chi connectivity index (χ1n) is 7.57. The average Bonchev–Trinajstić information content (AvgIpc) is 2.51. The molecule has 1 saturated carbocycles. The minimum atomic E-state index is -0.426. The third kappa shape index (κ3) is 6.84. The van der Waals surface area contributed by atoms with Crippen LogP contribution < -0.4 is 21.5 Å². The number of carbonyl (C=O) groups excluding carboxylic acids is 3. The van der Waals surface area contributed by atoms with Gasteiger partial charge in [-0.1, -0.05) is 33.1 Å². The Hall–Kier alpha value is -1.70. The molecule has 0 bridgehead atoms. The van der Waals surface area contributed by atoms with E-state index in [0.29, 0.717) is 0 Å². The molecule has 1 rings (SSSR count). The summed E-state index contributed by atoms with van der Waals surface area (Å²) < 4.78 is 0. The molecule has 7 nitrogen and oxygen atoms in total. The average molecular weight is 328 g/mol. The number of thiocarbonyl (C=S) groups is 1. The van der Waals surface area contributed by atoms with Crippen molar-refractivity contribution in [2.45, 2.75) is 46.0 Å². The summed E-state index contributed by atoms with van der Waals surface area (Å²) in [7, 11) is 0. The number of amides is 3. The molecule has 0 aromatic carbocycles. The molecule has 0 unspecified atom stereocenters. The van der Waals surface area contributed by atoms with E-state index in [1.54, 1.807) is 13.8 Å². The van der Waals surface area contributed by atoms with E-state index in [9.17, 15) is 14.4 Å². The summed E-state index contributed by atoms with van der Waals surface area (Å²) in [6.45, 7) is 3.34. The second kappa shape index (κ2) is 9.34. The van der Waals surface area contributed by atoms with Crippen LogP contribution in [0, 0.1) is 11.8 Å². The minimum absolute atomic E-state index is 0.0147. The molecule has 0 atom stereocenters. The van der Waals surface area contributed by atoms with Gasteiger partial charge in [-0.15, -0.1) is 0 Å². The van der Waals surface area contributed by atoms with Gasteiger partial charge in [-0.2, -0.15) is 0 Å². The molecule has 0 aromatic rings. The van der Waals surface area contributed by atoms with Crippen LogP contribution in [0.5, 0.6) is 0 Å². The summed E-state index contributed by atoms with van der Waals surface area (Å²) in [5.41, 5.74) is 4.75. The molecule has 124 valence electrons. The van der Waals surface area contributed by atoms with Gasteiger partial charge in [0.05, 0.1) is 6.54 Å². The SMILES string of the molecule is CC(C)C(=O)NC(=S)NNC(=O)CNC(=O)C1CCCCC1. The van der Waals surface area contributed by atoms with E-state index in [4.69, 9.17) is 12.2 Å². The largest absolute Gasteiger partial charge is 0.347 e. The van der Waals surface area contributed by atoms with Crippen molar-refractivity contribution in [2.75, 3.05) is 6.54 Å². The summed E-state index contributed by atoms with van der Waals surface area (Å²) in [4.78, 5) is 34.8. The number of hydrogen-bond acceptors (Lipinski definition) is 4. The van der Waals surface area contributed by atoms with Gasteiger partial charge in [0.25, 0.3) is 5.91 Å². The van der Waals surface area contributed by atoms with E-state index in [1.165, 1.54) is 6.42 Å². The number of carbonyl (C=O) groups is 3. The Bertz CT molecular complexity index is 434. The molecular formula is C14H24N4O3S. The lowest BCUT2D eigenvalue weighted by Gasteiger charge is -2.20. The van der Waals surface area contributed by atoms with Crippen LogP contribution in [0.2, 0.25) is 0 Å². The van der Waals surface area contributed by atoms with E-state index in [0.717, 1.165) is 25.7 Å². The Morgan fingerprint density at radius 1 is 1.09 bits per heavy atom. The van der Waals surface area contributed by atoms with Crippen molar-refractivity contribution in [3.05, 3.63) is 0 Å². The highest BCUT2D eigenvalue weighted by Crippen LogP contribution is 2.23. The van der Waals surface area contributed by atoms with Crippen molar-refractivity contribution < 1.29 is 14.4 Å². The van der Waals surface area contributed by atoms with Gasteiger partial charge < -0.3 is 10.6 Å². The van der Waals surface area contributed by atoms with E-state index in [2.05, 4.69) is 21.5 Å². The Balaban J connectivity index is 2.19. The monoisotopic (exact) mass is 328 g/mol. The fourth-order valence-electron chi connectivity index (χ4n) is 2.13. The smallest absolute Gasteiger partial charge is 0.257 e. The van der Waals surface area contributed by atoms with Crippen molar-refractivity contribution in [3.63, 3.8) is 0 Å². The van der Waals surface area contributed by atoms with Crippen LogP contribution in [0.4, 0.5) is 0 Å². The van der Waals surface area contributed by atoms with E-state index in [-0.39, 0.29) is 35.3 Å². The third-order valence-electron chi connectivity index (χ3n) is 3.48. The molecular weight excluding hydrogens is 304 g/mol. The normalized spacial score (nSPS) is 15.0. The van der Waals surface area contributed by atoms with Crippen molar-refractivity contribution in [3.8, 4) is 0 Å². The fraction of sp³-hybridized carbons (Fsp3) is 0.714. The molecule has 22 heavy (non-hydrogen) atoms. The molecule has 3 amide bonds. The lowest BCUT2D eigenvalue weighted by molar-refractivity contribution is -0.129. The zero-order valence-corrected chi connectivity index (χ0v) is 13.8. The van der Waals surface area contributed by atoms with Crippen LogP contribution in [0.1, 0.15) is 46.0 Å². The Morgan fingerprint density at radius 3 is 2.32 bits per heavy atom. The maximum absolute atomic E-state index is 11.9. The molecule has 0 saturated heterocycles. The maximum Gasteiger partial charge on any atom is 0.257 e. The third-order valence-corrected chi connectivity index (χ3v) is 3.68. The van der Waals surface area contributed by atoms with Gasteiger partial charge in [0.15, 0.2) is 5.11 Å². The summed E-state index contributed by atoms with van der Waals surface area (Å²) >= 11 is 4.86. The van der Waals surface area contributed by atoms with Gasteiger partial charge >= 0.3 is 0 Å². The van der Waals surface area contributed by atoms with Crippen LogP contribution in [0.25, 0.3) is 0 Å². The number of hydrogen-bond donors (Lipinski definition) is 4. The van der Waals surface area contributed by atoms with Crippen LogP contribution in [0.15, 0.2) is 0 Å². The molecule has 0 aliphatic heterocycles. The van der Waals surface area contributed by atoms with Crippen LogP contribution in [0.3, 0.4) is 0 Å². The molecule has 0 heterocycles. The lowest BCUT2D eigenvalue weighted by atomic mass is 9.89. The van der Waals surface area contributed by atoms with Crippen LogP contribution in [-0.2, 0) is 14.4 Å². The number of rotatable bonds is 4. The first-order valence-corrected chi connectivity index (χ1v) is 7.98. The first-order chi connectivity index (χ1) is 10.4. The molecule has 1 aliphatic carbocycles. The van der Waals surface area contributed by atoms with Crippen LogP contribution >= 0.6 is 12.2 Å². The minimum Gasteiger partial charge on any atom is -0.347 e. The van der Waals surface area contributed by atoms with Gasteiger partial charge in [0.1, 0.15) is 0 Å². The Labute approximate surface area is 135 Å². The molecule has 1 fully saturated rings. The predicted octanol–water partition coefficient (Wildman–Crippen LogP) is 0.361. The second-order valence-corrected chi connectivity index (χ2v) is 6.11. The fourth-order valence-corrected chi connectivity index (χ4v) is 2.29. The summed E-state index contributed by atoms with van der Waals surface area (Å²) in [6, 6.07) is 0. The summed E-state index contributed by atoms with van der Waals surface area (Å²) in [6.07, 6.45) is 5.08. The van der Waals surface area contributed by atoms with Gasteiger partial charge in [-0.25, -0.2) is 0 Å². The van der Waals surface area contributed by atoms with Crippen molar-refractivity contribution in [1.82, 2.24) is 21.5 Å². The topological polar surface area (TPSA) is 99.3 Å². The zero-order chi connectivity index (χ0) is 16.5. The highest BCUT2D eigenvalue weighted by molar-refractivity contribution is 7.80. The Kier molecular flexibility index (Phi) is 7.79. The van der Waals surface area contributed by atoms with Gasteiger partial charge in [-0.3, -0.25) is 25.2 Å². The van der Waals surface area contributed by atoms with E-state index >= 15 is 0 Å². The van der Waals surface area contributed by atoms with Crippen molar-refractivity contribution >= 4 is 35.1 Å². The molecule has 0 aromatic heterocycles. The van der Waals surface area contributed by atoms with E-state index in [1.807, 2.05) is 0 Å². The highest BCUT2D eigenvalue weighted by Gasteiger charge is 2.21. The molecule has 1 aliphatic rings. The van der Waals surface area contributed by atoms with Gasteiger partial charge in [0.2, 0.25) is 11.8 Å². The molecule has 4 N–H and O–H groups in total. The Morgan fingerprint density at radius 2 is 1.73 bits per heavy atom. The quantitative estimate of drug-likeness (QED) is 0.441. The number of nitrogens with one attached hydrogen (secondary N) is 4. The first kappa shape index (κ1) is 18.3. The highest BCUT2D eigenvalue weighted by atomic mass is 32.1. The van der Waals surface area contributed by atoms with Gasteiger partial charge in [0, 0.05) is 11.8 Å². The van der Waals surface area contributed by atoms with Crippen molar-refractivity contribution in [2.24, 2.45) is 11.8 Å². The molecule has 0 radical (unpaired) electrons. The number of hydrazine groups is 1. The standard InChI is InChI=1S/C14H24N4O3S/c1-9(2)12(20)16-14(22)18-17-11(19)8-15-13(21)10-6-4-3-5-7-10/h9-10H,3-8H2,1-2H3,(H,15,21)(H,17,19)(H2,16,18,20,22).